The number of hydrogen-bond acceptors (Lipinski definition) is 4. The van der Waals surface area contributed by atoms with Crippen LogP contribution in [0.15, 0.2) is 54.6 Å². The van der Waals surface area contributed by atoms with Crippen LogP contribution in [0.3, 0.4) is 0 Å². The van der Waals surface area contributed by atoms with Crippen molar-refractivity contribution >= 4 is 11.9 Å². The van der Waals surface area contributed by atoms with Gasteiger partial charge < -0.3 is 14.8 Å². The quantitative estimate of drug-likeness (QED) is 0.764. The molecule has 5 nitrogen and oxygen atoms in total. The van der Waals surface area contributed by atoms with Gasteiger partial charge in [-0.15, -0.1) is 13.2 Å². The first-order chi connectivity index (χ1) is 12.3. The summed E-state index contributed by atoms with van der Waals surface area (Å²) in [5, 5.41) is 2.61. The normalized spacial score (nSPS) is 10.9. The Balaban J connectivity index is 1.72. The average Bonchev–Trinajstić information content (AvgIpc) is 2.60. The summed E-state index contributed by atoms with van der Waals surface area (Å²) in [5.74, 6) is -1.74. The summed E-state index contributed by atoms with van der Waals surface area (Å²) in [4.78, 5) is 23.4. The number of hydrogen-bond donors (Lipinski definition) is 1. The van der Waals surface area contributed by atoms with Crippen LogP contribution >= 0.6 is 0 Å². The van der Waals surface area contributed by atoms with Crippen molar-refractivity contribution in [1.29, 1.82) is 0 Å². The number of amides is 1. The molecular weight excluding hydrogens is 351 g/mol. The first-order valence-corrected chi connectivity index (χ1v) is 7.67. The van der Waals surface area contributed by atoms with E-state index >= 15 is 0 Å². The lowest BCUT2D eigenvalue weighted by Gasteiger charge is -2.09. The van der Waals surface area contributed by atoms with Crippen molar-refractivity contribution in [1.82, 2.24) is 5.32 Å². The molecule has 0 unspecified atom stereocenters. The number of benzene rings is 2. The van der Waals surface area contributed by atoms with E-state index in [0.717, 1.165) is 29.8 Å². The van der Waals surface area contributed by atoms with Crippen LogP contribution in [0.2, 0.25) is 0 Å². The van der Waals surface area contributed by atoms with Crippen molar-refractivity contribution < 1.29 is 32.2 Å². The molecular formula is C18H16F3NO4. The number of alkyl halides is 3. The van der Waals surface area contributed by atoms with Gasteiger partial charge in [0.15, 0.2) is 6.61 Å². The second-order valence-electron chi connectivity index (χ2n) is 5.23. The van der Waals surface area contributed by atoms with Crippen LogP contribution in [0.5, 0.6) is 5.75 Å². The van der Waals surface area contributed by atoms with Gasteiger partial charge in [-0.05, 0) is 36.2 Å². The third kappa shape index (κ3) is 6.84. The molecule has 0 saturated heterocycles. The molecule has 2 rings (SSSR count). The molecule has 1 amide bonds. The van der Waals surface area contributed by atoms with Crippen molar-refractivity contribution in [2.24, 2.45) is 0 Å². The van der Waals surface area contributed by atoms with Crippen LogP contribution in [-0.2, 0) is 16.0 Å². The molecule has 0 radical (unpaired) electrons. The van der Waals surface area contributed by atoms with Crippen molar-refractivity contribution in [3.63, 3.8) is 0 Å². The van der Waals surface area contributed by atoms with Crippen LogP contribution in [0, 0.1) is 0 Å². The number of ether oxygens (including phenoxy) is 2. The minimum absolute atomic E-state index is 0.0108. The Morgan fingerprint density at radius 2 is 1.62 bits per heavy atom. The summed E-state index contributed by atoms with van der Waals surface area (Å²) in [6.45, 7) is -0.0850. The van der Waals surface area contributed by atoms with E-state index < -0.39 is 30.6 Å². The van der Waals surface area contributed by atoms with Gasteiger partial charge in [0, 0.05) is 6.54 Å². The average molecular weight is 367 g/mol. The summed E-state index contributed by atoms with van der Waals surface area (Å²) in [6, 6.07) is 13.8. The third-order valence-electron chi connectivity index (χ3n) is 3.24. The molecule has 0 aromatic heterocycles. The SMILES string of the molecule is O=C(COC(=O)c1ccc(OC(F)(F)F)cc1)NCCc1ccccc1. The highest BCUT2D eigenvalue weighted by Crippen LogP contribution is 2.22. The van der Waals surface area contributed by atoms with Gasteiger partial charge >= 0.3 is 12.3 Å². The Labute approximate surface area is 147 Å². The van der Waals surface area contributed by atoms with E-state index in [0.29, 0.717) is 13.0 Å². The topological polar surface area (TPSA) is 64.6 Å². The standard InChI is InChI=1S/C18H16F3NO4/c19-18(20,21)26-15-8-6-14(7-9-15)17(24)25-12-16(23)22-11-10-13-4-2-1-3-5-13/h1-9H,10-12H2,(H,22,23). The second-order valence-corrected chi connectivity index (χ2v) is 5.23. The van der Waals surface area contributed by atoms with Gasteiger partial charge in [-0.25, -0.2) is 4.79 Å². The predicted molar refractivity (Wildman–Crippen MR) is 86.6 cm³/mol. The van der Waals surface area contributed by atoms with E-state index in [2.05, 4.69) is 10.1 Å². The summed E-state index contributed by atoms with van der Waals surface area (Å²) in [6.07, 6.45) is -4.17. The smallest absolute Gasteiger partial charge is 0.452 e. The Hall–Kier alpha value is -3.03. The number of halogens is 3. The van der Waals surface area contributed by atoms with Crippen molar-refractivity contribution in [2.45, 2.75) is 12.8 Å². The number of carbonyl (C=O) groups is 2. The molecule has 2 aromatic carbocycles. The molecule has 0 aliphatic rings. The van der Waals surface area contributed by atoms with Crippen molar-refractivity contribution in [3.05, 3.63) is 65.7 Å². The third-order valence-corrected chi connectivity index (χ3v) is 3.24. The zero-order valence-corrected chi connectivity index (χ0v) is 13.6. The molecule has 138 valence electrons. The molecule has 0 aliphatic heterocycles. The number of rotatable bonds is 7. The fraction of sp³-hybridized carbons (Fsp3) is 0.222. The predicted octanol–water partition coefficient (Wildman–Crippen LogP) is 3.10. The fourth-order valence-electron chi connectivity index (χ4n) is 2.05. The molecule has 0 spiro atoms. The van der Waals surface area contributed by atoms with Gasteiger partial charge in [0.1, 0.15) is 5.75 Å². The van der Waals surface area contributed by atoms with Crippen LogP contribution < -0.4 is 10.1 Å². The molecule has 0 saturated carbocycles. The maximum Gasteiger partial charge on any atom is 0.573 e. The van der Waals surface area contributed by atoms with Crippen molar-refractivity contribution in [2.75, 3.05) is 13.2 Å². The van der Waals surface area contributed by atoms with Gasteiger partial charge in [0.2, 0.25) is 0 Å². The van der Waals surface area contributed by atoms with Gasteiger partial charge in [0.25, 0.3) is 5.91 Å². The number of nitrogens with one attached hydrogen (secondary N) is 1. The highest BCUT2D eigenvalue weighted by atomic mass is 19.4. The van der Waals surface area contributed by atoms with Crippen LogP contribution in [0.25, 0.3) is 0 Å². The van der Waals surface area contributed by atoms with Crippen LogP contribution in [0.4, 0.5) is 13.2 Å². The van der Waals surface area contributed by atoms with E-state index in [1.807, 2.05) is 30.3 Å². The minimum Gasteiger partial charge on any atom is -0.452 e. The lowest BCUT2D eigenvalue weighted by Crippen LogP contribution is -2.30. The van der Waals surface area contributed by atoms with E-state index in [4.69, 9.17) is 4.74 Å². The number of esters is 1. The molecule has 8 heteroatoms. The zero-order valence-electron chi connectivity index (χ0n) is 13.6. The number of carbonyl (C=O) groups excluding carboxylic acids is 2. The molecule has 26 heavy (non-hydrogen) atoms. The van der Waals surface area contributed by atoms with Gasteiger partial charge in [-0.1, -0.05) is 30.3 Å². The van der Waals surface area contributed by atoms with E-state index in [-0.39, 0.29) is 5.56 Å². The van der Waals surface area contributed by atoms with Crippen molar-refractivity contribution in [3.8, 4) is 5.75 Å². The zero-order chi connectivity index (χ0) is 19.0. The molecule has 0 bridgehead atoms. The summed E-state index contributed by atoms with van der Waals surface area (Å²) in [5.41, 5.74) is 1.07. The molecule has 0 heterocycles. The molecule has 0 fully saturated rings. The second kappa shape index (κ2) is 8.89. The first kappa shape index (κ1) is 19.3. The van der Waals surface area contributed by atoms with E-state index in [1.165, 1.54) is 0 Å². The lowest BCUT2D eigenvalue weighted by atomic mass is 10.1. The highest BCUT2D eigenvalue weighted by molar-refractivity contribution is 5.91. The van der Waals surface area contributed by atoms with Gasteiger partial charge in [-0.3, -0.25) is 4.79 Å². The Bertz CT molecular complexity index is 730. The van der Waals surface area contributed by atoms with Gasteiger partial charge in [0.05, 0.1) is 5.56 Å². The minimum atomic E-state index is -4.81. The largest absolute Gasteiger partial charge is 0.573 e. The summed E-state index contributed by atoms with van der Waals surface area (Å²) < 4.78 is 44.7. The maximum absolute atomic E-state index is 12.1. The highest BCUT2D eigenvalue weighted by Gasteiger charge is 2.31. The van der Waals surface area contributed by atoms with Crippen LogP contribution in [-0.4, -0.2) is 31.4 Å². The van der Waals surface area contributed by atoms with Gasteiger partial charge in [-0.2, -0.15) is 0 Å². The Morgan fingerprint density at radius 1 is 0.962 bits per heavy atom. The monoisotopic (exact) mass is 367 g/mol. The Kier molecular flexibility index (Phi) is 6.60. The summed E-state index contributed by atoms with van der Waals surface area (Å²) in [7, 11) is 0. The van der Waals surface area contributed by atoms with E-state index in [1.54, 1.807) is 0 Å². The fourth-order valence-corrected chi connectivity index (χ4v) is 2.05. The molecule has 2 aromatic rings. The van der Waals surface area contributed by atoms with E-state index in [9.17, 15) is 22.8 Å². The summed E-state index contributed by atoms with van der Waals surface area (Å²) >= 11 is 0. The molecule has 1 N–H and O–H groups in total. The lowest BCUT2D eigenvalue weighted by molar-refractivity contribution is -0.274. The first-order valence-electron chi connectivity index (χ1n) is 7.67. The Morgan fingerprint density at radius 3 is 2.23 bits per heavy atom. The van der Waals surface area contributed by atoms with Crippen LogP contribution in [0.1, 0.15) is 15.9 Å². The maximum atomic E-state index is 12.1. The molecule has 0 atom stereocenters. The molecule has 0 aliphatic carbocycles.